The van der Waals surface area contributed by atoms with Gasteiger partial charge in [-0.05, 0) is 68.7 Å². The SMILES string of the molecule is CCOc1ccc(CCNC(=O)CS(=O)CCCOc2ccc(Cl)cc2)cc1OCC. The van der Waals surface area contributed by atoms with Crippen molar-refractivity contribution in [3.05, 3.63) is 53.1 Å². The van der Waals surface area contributed by atoms with E-state index >= 15 is 0 Å². The number of carbonyl (C=O) groups is 1. The summed E-state index contributed by atoms with van der Waals surface area (Å²) in [5, 5.41) is 3.48. The zero-order valence-electron chi connectivity index (χ0n) is 18.0. The highest BCUT2D eigenvalue weighted by Gasteiger charge is 2.09. The van der Waals surface area contributed by atoms with Gasteiger partial charge in [0.15, 0.2) is 11.5 Å². The van der Waals surface area contributed by atoms with Crippen molar-refractivity contribution in [3.63, 3.8) is 0 Å². The lowest BCUT2D eigenvalue weighted by Gasteiger charge is -2.12. The molecule has 0 radical (unpaired) electrons. The van der Waals surface area contributed by atoms with E-state index < -0.39 is 10.8 Å². The van der Waals surface area contributed by atoms with E-state index in [1.54, 1.807) is 24.3 Å². The number of amides is 1. The molecule has 8 heteroatoms. The lowest BCUT2D eigenvalue weighted by Crippen LogP contribution is -2.30. The van der Waals surface area contributed by atoms with Crippen LogP contribution in [0.2, 0.25) is 5.02 Å². The van der Waals surface area contributed by atoms with Gasteiger partial charge in [-0.1, -0.05) is 17.7 Å². The average Bonchev–Trinajstić information content (AvgIpc) is 2.74. The molecule has 0 bridgehead atoms. The largest absolute Gasteiger partial charge is 0.494 e. The van der Waals surface area contributed by atoms with Crippen LogP contribution in [0.5, 0.6) is 17.2 Å². The molecule has 2 aromatic carbocycles. The lowest BCUT2D eigenvalue weighted by atomic mass is 10.1. The fourth-order valence-electron chi connectivity index (χ4n) is 2.81. The summed E-state index contributed by atoms with van der Waals surface area (Å²) in [6.07, 6.45) is 1.26. The molecular weight excluding hydrogens is 438 g/mol. The Balaban J connectivity index is 1.65. The summed E-state index contributed by atoms with van der Waals surface area (Å²) in [5.74, 6) is 2.33. The maximum atomic E-state index is 12.1. The van der Waals surface area contributed by atoms with Crippen molar-refractivity contribution in [2.75, 3.05) is 37.9 Å². The molecule has 0 heterocycles. The fraction of sp³-hybridized carbons (Fsp3) is 0.435. The Bertz CT molecular complexity index is 844. The fourth-order valence-corrected chi connectivity index (χ4v) is 3.91. The Morgan fingerprint density at radius 2 is 1.71 bits per heavy atom. The molecule has 0 saturated heterocycles. The van der Waals surface area contributed by atoms with E-state index in [-0.39, 0.29) is 11.7 Å². The molecule has 0 aliphatic carbocycles. The molecule has 31 heavy (non-hydrogen) atoms. The van der Waals surface area contributed by atoms with Gasteiger partial charge in [0.05, 0.1) is 19.8 Å². The number of hydrogen-bond donors (Lipinski definition) is 1. The second-order valence-electron chi connectivity index (χ2n) is 6.69. The predicted octanol–water partition coefficient (Wildman–Crippen LogP) is 4.01. The van der Waals surface area contributed by atoms with Gasteiger partial charge in [-0.2, -0.15) is 0 Å². The molecule has 170 valence electrons. The van der Waals surface area contributed by atoms with Gasteiger partial charge < -0.3 is 19.5 Å². The predicted molar refractivity (Wildman–Crippen MR) is 125 cm³/mol. The van der Waals surface area contributed by atoms with Crippen LogP contribution < -0.4 is 19.5 Å². The van der Waals surface area contributed by atoms with Crippen LogP contribution in [0, 0.1) is 0 Å². The van der Waals surface area contributed by atoms with Crippen molar-refractivity contribution in [2.24, 2.45) is 0 Å². The Morgan fingerprint density at radius 3 is 2.42 bits per heavy atom. The van der Waals surface area contributed by atoms with Gasteiger partial charge in [-0.3, -0.25) is 9.00 Å². The quantitative estimate of drug-likeness (QED) is 0.425. The van der Waals surface area contributed by atoms with Gasteiger partial charge >= 0.3 is 0 Å². The number of nitrogens with one attached hydrogen (secondary N) is 1. The number of carbonyl (C=O) groups excluding carboxylic acids is 1. The molecule has 1 amide bonds. The molecule has 6 nitrogen and oxygen atoms in total. The number of benzene rings is 2. The third-order valence-corrected chi connectivity index (χ3v) is 5.81. The molecule has 2 aromatic rings. The van der Waals surface area contributed by atoms with E-state index in [0.29, 0.717) is 61.5 Å². The highest BCUT2D eigenvalue weighted by atomic mass is 35.5. The molecule has 1 atom stereocenters. The molecule has 1 unspecified atom stereocenters. The molecule has 2 rings (SSSR count). The molecule has 0 fully saturated rings. The van der Waals surface area contributed by atoms with Crippen molar-refractivity contribution < 1.29 is 23.2 Å². The standard InChI is InChI=1S/C23H30ClNO5S/c1-3-28-21-11-6-18(16-22(21)29-4-2)12-13-25-23(26)17-31(27)15-5-14-30-20-9-7-19(24)8-10-20/h6-11,16H,3-5,12-15,17H2,1-2H3,(H,25,26). The van der Waals surface area contributed by atoms with Crippen molar-refractivity contribution in [3.8, 4) is 17.2 Å². The number of ether oxygens (including phenoxy) is 3. The normalized spacial score (nSPS) is 11.6. The second-order valence-corrected chi connectivity index (χ2v) is 8.70. The third kappa shape index (κ3) is 9.61. The van der Waals surface area contributed by atoms with Crippen molar-refractivity contribution in [1.82, 2.24) is 5.32 Å². The minimum atomic E-state index is -1.22. The van der Waals surface area contributed by atoms with Gasteiger partial charge in [0.25, 0.3) is 0 Å². The third-order valence-electron chi connectivity index (χ3n) is 4.23. The van der Waals surface area contributed by atoms with Gasteiger partial charge in [-0.25, -0.2) is 0 Å². The molecule has 0 aliphatic heterocycles. The number of rotatable bonds is 14. The molecule has 0 spiro atoms. The minimum absolute atomic E-state index is 0.00554. The first-order valence-corrected chi connectivity index (χ1v) is 12.3. The second kappa shape index (κ2) is 13.9. The monoisotopic (exact) mass is 467 g/mol. The van der Waals surface area contributed by atoms with Crippen LogP contribution >= 0.6 is 11.6 Å². The summed E-state index contributed by atoms with van der Waals surface area (Å²) in [7, 11) is -1.22. The molecule has 0 aliphatic rings. The van der Waals surface area contributed by atoms with Crippen molar-refractivity contribution in [2.45, 2.75) is 26.7 Å². The van der Waals surface area contributed by atoms with E-state index in [1.807, 2.05) is 32.0 Å². The van der Waals surface area contributed by atoms with Gasteiger partial charge in [0.1, 0.15) is 11.5 Å². The molecular formula is C23H30ClNO5S. The summed E-state index contributed by atoms with van der Waals surface area (Å²) in [5.41, 5.74) is 1.03. The summed E-state index contributed by atoms with van der Waals surface area (Å²) < 4.78 is 28.9. The van der Waals surface area contributed by atoms with Crippen molar-refractivity contribution >= 4 is 28.3 Å². The van der Waals surface area contributed by atoms with Crippen LogP contribution in [0.4, 0.5) is 0 Å². The van der Waals surface area contributed by atoms with Gasteiger partial charge in [0, 0.05) is 28.1 Å². The Kier molecular flexibility index (Phi) is 11.2. The molecule has 0 saturated carbocycles. The highest BCUT2D eigenvalue weighted by Crippen LogP contribution is 2.28. The van der Waals surface area contributed by atoms with Gasteiger partial charge in [-0.15, -0.1) is 0 Å². The summed E-state index contributed by atoms with van der Waals surface area (Å²) >= 11 is 5.83. The van der Waals surface area contributed by atoms with Crippen LogP contribution in [0.25, 0.3) is 0 Å². The minimum Gasteiger partial charge on any atom is -0.494 e. The van der Waals surface area contributed by atoms with E-state index in [0.717, 1.165) is 11.3 Å². The zero-order valence-corrected chi connectivity index (χ0v) is 19.6. The van der Waals surface area contributed by atoms with Crippen LogP contribution in [0.3, 0.4) is 0 Å². The lowest BCUT2D eigenvalue weighted by molar-refractivity contribution is -0.118. The summed E-state index contributed by atoms with van der Waals surface area (Å²) in [6, 6.07) is 12.8. The van der Waals surface area contributed by atoms with Crippen molar-refractivity contribution in [1.29, 1.82) is 0 Å². The Hall–Kier alpha value is -2.25. The van der Waals surface area contributed by atoms with E-state index in [9.17, 15) is 9.00 Å². The first-order chi connectivity index (χ1) is 15.0. The maximum absolute atomic E-state index is 12.1. The maximum Gasteiger partial charge on any atom is 0.232 e. The molecule has 1 N–H and O–H groups in total. The smallest absolute Gasteiger partial charge is 0.232 e. The van der Waals surface area contributed by atoms with Crippen LogP contribution in [0.15, 0.2) is 42.5 Å². The number of hydrogen-bond acceptors (Lipinski definition) is 5. The Morgan fingerprint density at radius 1 is 1.00 bits per heavy atom. The van der Waals surface area contributed by atoms with E-state index in [2.05, 4.69) is 5.32 Å². The van der Waals surface area contributed by atoms with Crippen LogP contribution in [-0.2, 0) is 22.0 Å². The first kappa shape index (κ1) is 25.0. The van der Waals surface area contributed by atoms with Gasteiger partial charge in [0.2, 0.25) is 5.91 Å². The zero-order chi connectivity index (χ0) is 22.5. The average molecular weight is 468 g/mol. The van der Waals surface area contributed by atoms with E-state index in [4.69, 9.17) is 25.8 Å². The highest BCUT2D eigenvalue weighted by molar-refractivity contribution is 7.85. The summed E-state index contributed by atoms with van der Waals surface area (Å²) in [6.45, 7) is 5.88. The molecule has 0 aromatic heterocycles. The van der Waals surface area contributed by atoms with E-state index in [1.165, 1.54) is 0 Å². The Labute approximate surface area is 191 Å². The van der Waals surface area contributed by atoms with Crippen LogP contribution in [-0.4, -0.2) is 48.0 Å². The topological polar surface area (TPSA) is 73.9 Å². The first-order valence-electron chi connectivity index (χ1n) is 10.4. The van der Waals surface area contributed by atoms with Crippen LogP contribution in [0.1, 0.15) is 25.8 Å². The number of halogens is 1. The summed E-state index contributed by atoms with van der Waals surface area (Å²) in [4.78, 5) is 12.0.